The van der Waals surface area contributed by atoms with Crippen molar-refractivity contribution in [1.82, 2.24) is 4.90 Å². The van der Waals surface area contributed by atoms with Crippen LogP contribution in [0.15, 0.2) is 84.9 Å². The van der Waals surface area contributed by atoms with Crippen molar-refractivity contribution >= 4 is 17.8 Å². The molecule has 7 heteroatoms. The number of nitrogens with zero attached hydrogens (tertiary/aromatic N) is 1. The molecule has 4 atom stereocenters. The van der Waals surface area contributed by atoms with Gasteiger partial charge in [-0.3, -0.25) is 14.5 Å². The van der Waals surface area contributed by atoms with Gasteiger partial charge in [0.15, 0.2) is 11.5 Å². The highest BCUT2D eigenvalue weighted by atomic mass is 16.5. The summed E-state index contributed by atoms with van der Waals surface area (Å²) in [5, 5.41) is 0. The van der Waals surface area contributed by atoms with E-state index in [4.69, 9.17) is 14.2 Å². The number of imide groups is 1. The van der Waals surface area contributed by atoms with Crippen molar-refractivity contribution in [3.63, 3.8) is 0 Å². The van der Waals surface area contributed by atoms with Crippen molar-refractivity contribution in [2.45, 2.75) is 26.6 Å². The Morgan fingerprint density at radius 3 is 2.00 bits per heavy atom. The van der Waals surface area contributed by atoms with Crippen LogP contribution in [0.1, 0.15) is 33.5 Å². The summed E-state index contributed by atoms with van der Waals surface area (Å²) >= 11 is 0. The van der Waals surface area contributed by atoms with Gasteiger partial charge in [0.25, 0.3) is 0 Å². The van der Waals surface area contributed by atoms with Crippen molar-refractivity contribution in [3.8, 4) is 11.5 Å². The highest BCUT2D eigenvalue weighted by molar-refractivity contribution is 6.06. The Morgan fingerprint density at radius 1 is 0.825 bits per heavy atom. The molecule has 7 nitrogen and oxygen atoms in total. The van der Waals surface area contributed by atoms with Gasteiger partial charge in [0, 0.05) is 0 Å². The third kappa shape index (κ3) is 4.99. The lowest BCUT2D eigenvalue weighted by molar-refractivity contribution is -0.141. The van der Waals surface area contributed by atoms with E-state index < -0.39 is 5.97 Å². The van der Waals surface area contributed by atoms with Crippen molar-refractivity contribution < 1.29 is 28.6 Å². The number of benzene rings is 3. The molecule has 0 radical (unpaired) electrons. The van der Waals surface area contributed by atoms with Crippen LogP contribution in [0.2, 0.25) is 0 Å². The van der Waals surface area contributed by atoms with E-state index in [0.29, 0.717) is 30.3 Å². The first-order valence-corrected chi connectivity index (χ1v) is 13.7. The van der Waals surface area contributed by atoms with Gasteiger partial charge >= 0.3 is 5.97 Å². The molecule has 1 aliphatic heterocycles. The maximum Gasteiger partial charge on any atom is 0.338 e. The number of likely N-dealkylation sites (tertiary alicyclic amines) is 1. The number of carbonyl (C=O) groups excluding carboxylic acids is 3. The normalized spacial score (nSPS) is 22.5. The van der Waals surface area contributed by atoms with Crippen LogP contribution in [-0.4, -0.2) is 35.8 Å². The van der Waals surface area contributed by atoms with Gasteiger partial charge in [-0.05, 0) is 54.0 Å². The van der Waals surface area contributed by atoms with E-state index >= 15 is 0 Å². The molecule has 1 heterocycles. The molecule has 0 spiro atoms. The zero-order valence-corrected chi connectivity index (χ0v) is 22.3. The van der Waals surface area contributed by atoms with E-state index in [-0.39, 0.29) is 48.6 Å². The first-order chi connectivity index (χ1) is 19.5. The Hall–Kier alpha value is -4.39. The van der Waals surface area contributed by atoms with Gasteiger partial charge in [-0.25, -0.2) is 4.79 Å². The van der Waals surface area contributed by atoms with Crippen LogP contribution < -0.4 is 9.47 Å². The Balaban J connectivity index is 1.13. The van der Waals surface area contributed by atoms with Gasteiger partial charge in [0.2, 0.25) is 11.8 Å². The quantitative estimate of drug-likeness (QED) is 0.203. The van der Waals surface area contributed by atoms with Crippen molar-refractivity contribution in [3.05, 3.63) is 107 Å². The molecule has 0 aromatic heterocycles. The summed E-state index contributed by atoms with van der Waals surface area (Å²) in [5.74, 6) is -0.0550. The second-order valence-electron chi connectivity index (χ2n) is 10.6. The van der Waals surface area contributed by atoms with Crippen LogP contribution in [0, 0.1) is 30.6 Å². The van der Waals surface area contributed by atoms with E-state index in [9.17, 15) is 14.4 Å². The second-order valence-corrected chi connectivity index (χ2v) is 10.6. The number of hydrogen-bond acceptors (Lipinski definition) is 6. The minimum Gasteiger partial charge on any atom is -0.485 e. The van der Waals surface area contributed by atoms with Crippen LogP contribution in [-0.2, 0) is 27.5 Å². The molecule has 3 aliphatic rings. The molecule has 204 valence electrons. The molecule has 2 amide bonds. The number of carbonyl (C=O) groups is 3. The number of allylic oxidation sites excluding steroid dienone is 2. The average Bonchev–Trinajstić information content (AvgIpc) is 3.66. The summed E-state index contributed by atoms with van der Waals surface area (Å²) in [5.41, 5.74) is 3.04. The van der Waals surface area contributed by atoms with Crippen LogP contribution in [0.3, 0.4) is 0 Å². The van der Waals surface area contributed by atoms with Crippen molar-refractivity contribution in [1.29, 1.82) is 0 Å². The number of amides is 2. The summed E-state index contributed by atoms with van der Waals surface area (Å²) in [7, 11) is 0. The van der Waals surface area contributed by atoms with Crippen LogP contribution in [0.5, 0.6) is 11.5 Å². The van der Waals surface area contributed by atoms with Gasteiger partial charge in [0.05, 0.1) is 23.9 Å². The van der Waals surface area contributed by atoms with Crippen LogP contribution in [0.25, 0.3) is 0 Å². The topological polar surface area (TPSA) is 82.1 Å². The number of rotatable bonds is 10. The number of ether oxygens (including phenoxy) is 3. The van der Waals surface area contributed by atoms with Gasteiger partial charge in [0.1, 0.15) is 19.8 Å². The molecule has 1 saturated heterocycles. The summed E-state index contributed by atoms with van der Waals surface area (Å²) in [6.07, 6.45) is 5.01. The summed E-state index contributed by atoms with van der Waals surface area (Å²) in [6, 6.07) is 22.9. The van der Waals surface area contributed by atoms with Gasteiger partial charge in [-0.15, -0.1) is 0 Å². The fraction of sp³-hybridized carbons (Fsp3) is 0.303. The summed E-state index contributed by atoms with van der Waals surface area (Å²) < 4.78 is 17.8. The molecule has 3 aromatic rings. The predicted octanol–water partition coefficient (Wildman–Crippen LogP) is 5.12. The Morgan fingerprint density at radius 2 is 1.40 bits per heavy atom. The fourth-order valence-electron chi connectivity index (χ4n) is 6.11. The standard InChI is InChI=1S/C33H31NO6/c1-21-16-26(33(37)38-15-14-34-31(35)28-24-12-13-25(17-24)29(28)32(34)36)18-27(39-19-22-8-4-2-5-9-22)30(21)40-20-23-10-6-3-7-11-23/h2-13,16,18,24-25,28-29H,14-15,17,19-20H2,1H3/t24-,25+,28+,29-. The Bertz CT molecular complexity index is 1420. The molecule has 2 fully saturated rings. The van der Waals surface area contributed by atoms with Crippen LogP contribution >= 0.6 is 0 Å². The lowest BCUT2D eigenvalue weighted by atomic mass is 9.85. The van der Waals surface area contributed by atoms with Gasteiger partial charge < -0.3 is 14.2 Å². The van der Waals surface area contributed by atoms with Crippen molar-refractivity contribution in [2.24, 2.45) is 23.7 Å². The number of hydrogen-bond donors (Lipinski definition) is 0. The molecular weight excluding hydrogens is 506 g/mol. The smallest absolute Gasteiger partial charge is 0.338 e. The third-order valence-electron chi connectivity index (χ3n) is 8.05. The molecule has 40 heavy (non-hydrogen) atoms. The average molecular weight is 538 g/mol. The van der Waals surface area contributed by atoms with E-state index in [2.05, 4.69) is 12.2 Å². The number of aryl methyl sites for hydroxylation is 1. The van der Waals surface area contributed by atoms with Gasteiger partial charge in [-0.2, -0.15) is 0 Å². The molecule has 2 aliphatic carbocycles. The highest BCUT2D eigenvalue weighted by Gasteiger charge is 2.59. The fourth-order valence-corrected chi connectivity index (χ4v) is 6.11. The lowest BCUT2D eigenvalue weighted by Crippen LogP contribution is -2.36. The largest absolute Gasteiger partial charge is 0.485 e. The SMILES string of the molecule is Cc1cc(C(=O)OCCN2C(=O)[C@@H]3[C@H](C2=O)[C@H]2C=C[C@@H]3C2)cc(OCc2ccccc2)c1OCc1ccccc1. The van der Waals surface area contributed by atoms with E-state index in [0.717, 1.165) is 23.1 Å². The molecule has 0 N–H and O–H groups in total. The maximum atomic E-state index is 13.0. The maximum absolute atomic E-state index is 13.0. The second kappa shape index (κ2) is 11.0. The zero-order valence-electron chi connectivity index (χ0n) is 22.3. The Kier molecular flexibility index (Phi) is 7.11. The first kappa shape index (κ1) is 25.9. The monoisotopic (exact) mass is 537 g/mol. The van der Waals surface area contributed by atoms with E-state index in [1.807, 2.05) is 67.6 Å². The molecular formula is C33H31NO6. The lowest BCUT2D eigenvalue weighted by Gasteiger charge is -2.18. The summed E-state index contributed by atoms with van der Waals surface area (Å²) in [6.45, 7) is 2.51. The minimum atomic E-state index is -0.553. The number of fused-ring (bicyclic) bond motifs is 5. The molecule has 6 rings (SSSR count). The first-order valence-electron chi connectivity index (χ1n) is 13.7. The van der Waals surface area contributed by atoms with Crippen LogP contribution in [0.4, 0.5) is 0 Å². The van der Waals surface area contributed by atoms with Crippen molar-refractivity contribution in [2.75, 3.05) is 13.2 Å². The molecule has 3 aromatic carbocycles. The highest BCUT2D eigenvalue weighted by Crippen LogP contribution is 2.52. The zero-order chi connectivity index (χ0) is 27.6. The van der Waals surface area contributed by atoms with Gasteiger partial charge in [-0.1, -0.05) is 72.8 Å². The predicted molar refractivity (Wildman–Crippen MR) is 147 cm³/mol. The summed E-state index contributed by atoms with van der Waals surface area (Å²) in [4.78, 5) is 40.1. The molecule has 0 unspecified atom stereocenters. The van der Waals surface area contributed by atoms with E-state index in [1.54, 1.807) is 12.1 Å². The van der Waals surface area contributed by atoms with E-state index in [1.165, 1.54) is 4.90 Å². The minimum absolute atomic E-state index is 0.0600. The molecule has 2 bridgehead atoms. The third-order valence-corrected chi connectivity index (χ3v) is 8.05. The number of esters is 1. The molecule has 1 saturated carbocycles. The Labute approximate surface area is 233 Å².